The fraction of sp³-hybridized carbons (Fsp3) is 0.577. The van der Waals surface area contributed by atoms with Gasteiger partial charge in [-0.3, -0.25) is 0 Å². The van der Waals surface area contributed by atoms with Gasteiger partial charge in [-0.15, -0.1) is 0 Å². The van der Waals surface area contributed by atoms with Crippen LogP contribution in [0.5, 0.6) is 11.5 Å². The average Bonchev–Trinajstić information content (AvgIpc) is 2.72. The molecule has 31 heavy (non-hydrogen) atoms. The molecule has 0 amide bonds. The lowest BCUT2D eigenvalue weighted by atomic mass is 9.47. The highest BCUT2D eigenvalue weighted by Gasteiger charge is 2.56. The number of fused-ring (bicyclic) bond motifs is 2. The quantitative estimate of drug-likeness (QED) is 0.460. The van der Waals surface area contributed by atoms with Crippen LogP contribution in [-0.4, -0.2) is 26.9 Å². The van der Waals surface area contributed by atoms with E-state index in [4.69, 9.17) is 18.6 Å². The Balaban J connectivity index is 1.63. The van der Waals surface area contributed by atoms with Gasteiger partial charge >= 0.3 is 5.63 Å². The smallest absolute Gasteiger partial charge is 0.336 e. The molecule has 1 aromatic carbocycles. The fourth-order valence-electron chi connectivity index (χ4n) is 6.40. The molecule has 5 nitrogen and oxygen atoms in total. The third-order valence-corrected chi connectivity index (χ3v) is 8.11. The van der Waals surface area contributed by atoms with Gasteiger partial charge in [-0.2, -0.15) is 0 Å². The third-order valence-electron chi connectivity index (χ3n) is 8.11. The molecule has 2 saturated carbocycles. The van der Waals surface area contributed by atoms with Crippen LogP contribution in [0.15, 0.2) is 45.6 Å². The molecule has 0 N–H and O–H groups in total. The Morgan fingerprint density at radius 3 is 2.61 bits per heavy atom. The molecule has 0 radical (unpaired) electrons. The van der Waals surface area contributed by atoms with Gasteiger partial charge in [0, 0.05) is 30.5 Å². The highest BCUT2D eigenvalue weighted by Crippen LogP contribution is 2.61. The standard InChI is InChI=1S/C26H34O5/c1-16-7-9-22-25(2,3)23(29-6)11-12-26(22,4)18(16)15-30-21-14-19-17(13-20(21)28-5)8-10-24(27)31-19/h8,10,13-14,18,22-23H,1,7,9,11-12,15H2,2-6H3/t18-,22-,23-,26+/m1/s1. The van der Waals surface area contributed by atoms with Crippen molar-refractivity contribution in [1.29, 1.82) is 0 Å². The van der Waals surface area contributed by atoms with Gasteiger partial charge in [-0.25, -0.2) is 4.79 Å². The average molecular weight is 427 g/mol. The van der Waals surface area contributed by atoms with Gasteiger partial charge in [0.1, 0.15) is 5.58 Å². The normalized spacial score (nSPS) is 30.1. The van der Waals surface area contributed by atoms with Crippen LogP contribution in [0.4, 0.5) is 0 Å². The van der Waals surface area contributed by atoms with Gasteiger partial charge in [0.05, 0.1) is 19.8 Å². The van der Waals surface area contributed by atoms with Crippen LogP contribution in [0.25, 0.3) is 11.0 Å². The molecule has 168 valence electrons. The Morgan fingerprint density at radius 2 is 1.90 bits per heavy atom. The van der Waals surface area contributed by atoms with E-state index in [-0.39, 0.29) is 28.5 Å². The van der Waals surface area contributed by atoms with Gasteiger partial charge in [0.2, 0.25) is 0 Å². The molecule has 0 bridgehead atoms. The van der Waals surface area contributed by atoms with E-state index in [1.807, 2.05) is 13.2 Å². The SMILES string of the molecule is C=C1CC[C@@H]2C(C)(C)[C@H](OC)CC[C@@]2(C)[C@@H]1COc1cc2oc(=O)ccc2cc1OC. The number of benzene rings is 1. The van der Waals surface area contributed by atoms with Gasteiger partial charge in [0.25, 0.3) is 0 Å². The molecule has 0 saturated heterocycles. The molecule has 0 unspecified atom stereocenters. The zero-order valence-corrected chi connectivity index (χ0v) is 19.3. The Kier molecular flexibility index (Phi) is 5.67. The molecule has 4 atom stereocenters. The summed E-state index contributed by atoms with van der Waals surface area (Å²) < 4.78 is 23.1. The van der Waals surface area contributed by atoms with E-state index < -0.39 is 0 Å². The van der Waals surface area contributed by atoms with Gasteiger partial charge in [-0.1, -0.05) is 32.9 Å². The van der Waals surface area contributed by atoms with E-state index in [9.17, 15) is 4.79 Å². The maximum absolute atomic E-state index is 11.6. The second-order valence-electron chi connectivity index (χ2n) is 10.00. The third kappa shape index (κ3) is 3.67. The van der Waals surface area contributed by atoms with E-state index in [0.29, 0.717) is 29.6 Å². The minimum absolute atomic E-state index is 0.102. The maximum Gasteiger partial charge on any atom is 0.336 e. The van der Waals surface area contributed by atoms with Gasteiger partial charge < -0.3 is 18.6 Å². The second-order valence-corrected chi connectivity index (χ2v) is 10.00. The summed E-state index contributed by atoms with van der Waals surface area (Å²) in [5.41, 5.74) is 1.58. The largest absolute Gasteiger partial charge is 0.493 e. The van der Waals surface area contributed by atoms with Crippen LogP contribution in [0.2, 0.25) is 0 Å². The van der Waals surface area contributed by atoms with E-state index in [1.54, 1.807) is 19.2 Å². The van der Waals surface area contributed by atoms with Crippen molar-refractivity contribution in [3.05, 3.63) is 46.8 Å². The van der Waals surface area contributed by atoms with E-state index >= 15 is 0 Å². The van der Waals surface area contributed by atoms with Gasteiger partial charge in [-0.05, 0) is 54.6 Å². The first kappa shape index (κ1) is 21.9. The van der Waals surface area contributed by atoms with Crippen LogP contribution >= 0.6 is 0 Å². The summed E-state index contributed by atoms with van der Waals surface area (Å²) in [5.74, 6) is 2.00. The van der Waals surface area contributed by atoms with Crippen molar-refractivity contribution in [1.82, 2.24) is 0 Å². The summed E-state index contributed by atoms with van der Waals surface area (Å²) in [6, 6.07) is 6.75. The number of hydrogen-bond acceptors (Lipinski definition) is 5. The first-order valence-corrected chi connectivity index (χ1v) is 11.2. The van der Waals surface area contributed by atoms with E-state index in [0.717, 1.165) is 31.1 Å². The van der Waals surface area contributed by atoms with Crippen LogP contribution in [0.1, 0.15) is 46.5 Å². The van der Waals surface area contributed by atoms with Crippen LogP contribution < -0.4 is 15.1 Å². The fourth-order valence-corrected chi connectivity index (χ4v) is 6.40. The van der Waals surface area contributed by atoms with E-state index in [2.05, 4.69) is 27.4 Å². The lowest BCUT2D eigenvalue weighted by Gasteiger charge is -2.59. The number of rotatable bonds is 5. The molecule has 2 fully saturated rings. The molecule has 4 rings (SSSR count). The van der Waals surface area contributed by atoms with Crippen LogP contribution in [0.3, 0.4) is 0 Å². The second kappa shape index (κ2) is 8.01. The topological polar surface area (TPSA) is 57.9 Å². The van der Waals surface area contributed by atoms with E-state index in [1.165, 1.54) is 11.6 Å². The molecular weight excluding hydrogens is 392 g/mol. The minimum Gasteiger partial charge on any atom is -0.493 e. The summed E-state index contributed by atoms with van der Waals surface area (Å²) in [5, 5.41) is 0.803. The summed E-state index contributed by atoms with van der Waals surface area (Å²) in [7, 11) is 3.46. The summed E-state index contributed by atoms with van der Waals surface area (Å²) in [6.07, 6.45) is 4.57. The number of methoxy groups -OCH3 is 2. The van der Waals surface area contributed by atoms with Crippen molar-refractivity contribution in [3.63, 3.8) is 0 Å². The molecule has 0 spiro atoms. The van der Waals surface area contributed by atoms with Crippen molar-refractivity contribution >= 4 is 11.0 Å². The monoisotopic (exact) mass is 426 g/mol. The molecule has 2 aromatic rings. The first-order valence-electron chi connectivity index (χ1n) is 11.2. The summed E-state index contributed by atoms with van der Waals surface area (Å²) in [6.45, 7) is 12.1. The zero-order chi connectivity index (χ0) is 22.4. The van der Waals surface area contributed by atoms with Crippen LogP contribution in [0, 0.1) is 22.7 Å². The van der Waals surface area contributed by atoms with Crippen molar-refractivity contribution in [2.75, 3.05) is 20.8 Å². The Bertz CT molecular complexity index is 1040. The molecule has 2 aliphatic carbocycles. The molecule has 1 aromatic heterocycles. The molecule has 1 heterocycles. The lowest BCUT2D eigenvalue weighted by Crippen LogP contribution is -2.56. The molecular formula is C26H34O5. The maximum atomic E-state index is 11.6. The van der Waals surface area contributed by atoms with Crippen molar-refractivity contribution in [2.45, 2.75) is 52.6 Å². The predicted molar refractivity (Wildman–Crippen MR) is 122 cm³/mol. The van der Waals surface area contributed by atoms with Crippen LogP contribution in [-0.2, 0) is 4.74 Å². The highest BCUT2D eigenvalue weighted by atomic mass is 16.5. The Morgan fingerprint density at radius 1 is 1.13 bits per heavy atom. The lowest BCUT2D eigenvalue weighted by molar-refractivity contribution is -0.140. The number of hydrogen-bond donors (Lipinski definition) is 0. The summed E-state index contributed by atoms with van der Waals surface area (Å²) in [4.78, 5) is 11.6. The molecule has 0 aliphatic heterocycles. The first-order chi connectivity index (χ1) is 14.7. The zero-order valence-electron chi connectivity index (χ0n) is 19.3. The number of ether oxygens (including phenoxy) is 3. The Labute approximate surface area is 184 Å². The minimum atomic E-state index is -0.378. The van der Waals surface area contributed by atoms with Crippen molar-refractivity contribution in [2.24, 2.45) is 22.7 Å². The summed E-state index contributed by atoms with van der Waals surface area (Å²) >= 11 is 0. The van der Waals surface area contributed by atoms with Crippen molar-refractivity contribution in [3.8, 4) is 11.5 Å². The molecule has 5 heteroatoms. The highest BCUT2D eigenvalue weighted by molar-refractivity contribution is 5.80. The van der Waals surface area contributed by atoms with Gasteiger partial charge in [0.15, 0.2) is 11.5 Å². The van der Waals surface area contributed by atoms with Crippen molar-refractivity contribution < 1.29 is 18.6 Å². The predicted octanol–water partition coefficient (Wildman–Crippen LogP) is 5.60. The molecule has 2 aliphatic rings. The Hall–Kier alpha value is -2.27.